The van der Waals surface area contributed by atoms with Gasteiger partial charge in [0.15, 0.2) is 5.75 Å². The fraction of sp³-hybridized carbons (Fsp3) is 0.300. The number of nitrogens with one attached hydrogen (secondary N) is 2. The van der Waals surface area contributed by atoms with Crippen molar-refractivity contribution in [2.24, 2.45) is 5.73 Å². The Morgan fingerprint density at radius 3 is 2.85 bits per heavy atom. The van der Waals surface area contributed by atoms with Gasteiger partial charge in [-0.25, -0.2) is 9.78 Å². The molecule has 1 fully saturated rings. The van der Waals surface area contributed by atoms with Gasteiger partial charge in [-0.3, -0.25) is 0 Å². The van der Waals surface area contributed by atoms with Crippen LogP contribution in [0.15, 0.2) is 42.5 Å². The van der Waals surface area contributed by atoms with Crippen molar-refractivity contribution in [3.63, 3.8) is 0 Å². The highest BCUT2D eigenvalue weighted by Gasteiger charge is 2.12. The molecule has 0 bridgehead atoms. The summed E-state index contributed by atoms with van der Waals surface area (Å²) in [5.41, 5.74) is 8.52. The van der Waals surface area contributed by atoms with E-state index >= 15 is 0 Å². The van der Waals surface area contributed by atoms with Gasteiger partial charge in [0, 0.05) is 24.3 Å². The molecule has 7 heteroatoms. The summed E-state index contributed by atoms with van der Waals surface area (Å²) in [7, 11) is 0. The summed E-state index contributed by atoms with van der Waals surface area (Å²) >= 11 is 0. The molecule has 27 heavy (non-hydrogen) atoms. The molecule has 140 valence electrons. The highest BCUT2D eigenvalue weighted by atomic mass is 16.5. The second-order valence-corrected chi connectivity index (χ2v) is 6.72. The van der Waals surface area contributed by atoms with Crippen LogP contribution in [0.5, 0.6) is 5.75 Å². The Hall–Kier alpha value is -3.06. The van der Waals surface area contributed by atoms with Crippen LogP contribution in [0.25, 0.3) is 22.4 Å². The van der Waals surface area contributed by atoms with Gasteiger partial charge in [-0.15, -0.1) is 0 Å². The highest BCUT2D eigenvalue weighted by Crippen LogP contribution is 2.28. The van der Waals surface area contributed by atoms with E-state index in [9.17, 15) is 4.79 Å². The van der Waals surface area contributed by atoms with Crippen molar-refractivity contribution in [1.29, 1.82) is 0 Å². The summed E-state index contributed by atoms with van der Waals surface area (Å²) in [6.07, 6.45) is 1.77. The lowest BCUT2D eigenvalue weighted by Gasteiger charge is -2.15. The maximum absolute atomic E-state index is 11.1. The number of carbonyl (C=O) groups excluding carboxylic acids is 1. The van der Waals surface area contributed by atoms with Gasteiger partial charge in [0.05, 0.1) is 5.52 Å². The third kappa shape index (κ3) is 4.03. The van der Waals surface area contributed by atoms with Crippen molar-refractivity contribution < 1.29 is 9.53 Å². The van der Waals surface area contributed by atoms with E-state index in [2.05, 4.69) is 32.3 Å². The van der Waals surface area contributed by atoms with Crippen molar-refractivity contribution >= 4 is 22.8 Å². The van der Waals surface area contributed by atoms with Gasteiger partial charge in [0.1, 0.15) is 11.3 Å². The number of H-pyrrole nitrogens is 1. The molecule has 1 aliphatic rings. The number of rotatable bonds is 6. The Bertz CT molecular complexity index is 946. The molecule has 1 saturated heterocycles. The van der Waals surface area contributed by atoms with Crippen LogP contribution in [0.3, 0.4) is 0 Å². The summed E-state index contributed by atoms with van der Waals surface area (Å²) in [6.45, 7) is 4.38. The maximum Gasteiger partial charge on any atom is 0.410 e. The van der Waals surface area contributed by atoms with E-state index < -0.39 is 6.09 Å². The van der Waals surface area contributed by atoms with Crippen molar-refractivity contribution in [2.75, 3.05) is 31.5 Å². The number of aromatic amines is 1. The molecule has 4 N–H and O–H groups in total. The Balaban J connectivity index is 1.51. The van der Waals surface area contributed by atoms with Crippen LogP contribution in [-0.2, 0) is 0 Å². The second kappa shape index (κ2) is 7.67. The number of imidazole rings is 1. The summed E-state index contributed by atoms with van der Waals surface area (Å²) in [5, 5.41) is 3.48. The molecule has 4 rings (SSSR count). The molecule has 1 aromatic heterocycles. The Kier molecular flexibility index (Phi) is 4.93. The van der Waals surface area contributed by atoms with Crippen LogP contribution in [0.2, 0.25) is 0 Å². The van der Waals surface area contributed by atoms with Crippen molar-refractivity contribution in [3.8, 4) is 17.1 Å². The SMILES string of the molecule is NC(=O)Oc1cccc2[nH]c(-c3cccc(NCCN4CCCC4)c3)nc12. The van der Waals surface area contributed by atoms with Crippen LogP contribution in [0, 0.1) is 0 Å². The lowest BCUT2D eigenvalue weighted by Crippen LogP contribution is -2.25. The number of para-hydroxylation sites is 1. The predicted molar refractivity (Wildman–Crippen MR) is 106 cm³/mol. The average molecular weight is 365 g/mol. The summed E-state index contributed by atoms with van der Waals surface area (Å²) in [6, 6.07) is 13.5. The maximum atomic E-state index is 11.1. The van der Waals surface area contributed by atoms with Crippen LogP contribution >= 0.6 is 0 Å². The lowest BCUT2D eigenvalue weighted by atomic mass is 10.2. The molecule has 0 unspecified atom stereocenters. The third-order valence-corrected chi connectivity index (χ3v) is 4.78. The molecule has 0 aliphatic carbocycles. The monoisotopic (exact) mass is 365 g/mol. The topological polar surface area (TPSA) is 96.3 Å². The van der Waals surface area contributed by atoms with E-state index in [1.165, 1.54) is 25.9 Å². The molecular weight excluding hydrogens is 342 g/mol. The zero-order chi connectivity index (χ0) is 18.6. The zero-order valence-corrected chi connectivity index (χ0v) is 15.1. The molecular formula is C20H23N5O2. The van der Waals surface area contributed by atoms with Crippen LogP contribution in [0.1, 0.15) is 12.8 Å². The number of likely N-dealkylation sites (tertiary alicyclic amines) is 1. The first kappa shape index (κ1) is 17.4. The Labute approximate surface area is 157 Å². The van der Waals surface area contributed by atoms with E-state index in [0.717, 1.165) is 29.9 Å². The third-order valence-electron chi connectivity index (χ3n) is 4.78. The predicted octanol–water partition coefficient (Wildman–Crippen LogP) is 3.20. The smallest absolute Gasteiger partial charge is 0.408 e. The minimum Gasteiger partial charge on any atom is -0.408 e. The van der Waals surface area contributed by atoms with Gasteiger partial charge < -0.3 is 25.7 Å². The first-order chi connectivity index (χ1) is 13.2. The quantitative estimate of drug-likeness (QED) is 0.623. The molecule has 0 saturated carbocycles. The van der Waals surface area contributed by atoms with E-state index in [-0.39, 0.29) is 0 Å². The number of hydrogen-bond acceptors (Lipinski definition) is 5. The molecule has 2 aromatic carbocycles. The van der Waals surface area contributed by atoms with E-state index in [4.69, 9.17) is 10.5 Å². The molecule has 1 aliphatic heterocycles. The van der Waals surface area contributed by atoms with Gasteiger partial charge in [0.25, 0.3) is 0 Å². The number of aromatic nitrogens is 2. The minimum absolute atomic E-state index is 0.349. The number of ether oxygens (including phenoxy) is 1. The number of fused-ring (bicyclic) bond motifs is 1. The second-order valence-electron chi connectivity index (χ2n) is 6.72. The fourth-order valence-electron chi connectivity index (χ4n) is 3.47. The summed E-state index contributed by atoms with van der Waals surface area (Å²) in [4.78, 5) is 21.4. The van der Waals surface area contributed by atoms with Gasteiger partial charge in [-0.2, -0.15) is 0 Å². The first-order valence-electron chi connectivity index (χ1n) is 9.22. The van der Waals surface area contributed by atoms with E-state index in [1.807, 2.05) is 18.2 Å². The molecule has 0 spiro atoms. The van der Waals surface area contributed by atoms with Crippen molar-refractivity contribution in [2.45, 2.75) is 12.8 Å². The Morgan fingerprint density at radius 1 is 1.22 bits per heavy atom. The van der Waals surface area contributed by atoms with Crippen molar-refractivity contribution in [3.05, 3.63) is 42.5 Å². The average Bonchev–Trinajstić information content (AvgIpc) is 3.31. The number of primary amides is 1. The lowest BCUT2D eigenvalue weighted by molar-refractivity contribution is 0.211. The van der Waals surface area contributed by atoms with Crippen LogP contribution in [0.4, 0.5) is 10.5 Å². The van der Waals surface area contributed by atoms with Crippen LogP contribution in [-0.4, -0.2) is 47.1 Å². The number of carbonyl (C=O) groups is 1. The molecule has 0 radical (unpaired) electrons. The number of amides is 1. The molecule has 7 nitrogen and oxygen atoms in total. The van der Waals surface area contributed by atoms with E-state index in [0.29, 0.717) is 17.1 Å². The standard InChI is InChI=1S/C20H23N5O2/c21-20(26)27-17-8-4-7-16-18(17)24-19(23-16)14-5-3-6-15(13-14)22-9-12-25-10-1-2-11-25/h3-8,13,22H,1-2,9-12H2,(H2,21,26)(H,23,24). The molecule has 1 amide bonds. The van der Waals surface area contributed by atoms with Gasteiger partial charge in [-0.1, -0.05) is 18.2 Å². The molecule has 3 aromatic rings. The molecule has 0 atom stereocenters. The number of anilines is 1. The summed E-state index contributed by atoms with van der Waals surface area (Å²) in [5.74, 6) is 1.07. The van der Waals surface area contributed by atoms with Gasteiger partial charge in [0.2, 0.25) is 0 Å². The van der Waals surface area contributed by atoms with Gasteiger partial charge >= 0.3 is 6.09 Å². The van der Waals surface area contributed by atoms with Crippen molar-refractivity contribution in [1.82, 2.24) is 14.9 Å². The highest BCUT2D eigenvalue weighted by molar-refractivity contribution is 5.87. The minimum atomic E-state index is -0.851. The fourth-order valence-corrected chi connectivity index (χ4v) is 3.47. The summed E-state index contributed by atoms with van der Waals surface area (Å²) < 4.78 is 5.04. The largest absolute Gasteiger partial charge is 0.410 e. The van der Waals surface area contributed by atoms with Crippen LogP contribution < -0.4 is 15.8 Å². The number of nitrogens with zero attached hydrogens (tertiary/aromatic N) is 2. The molecule has 2 heterocycles. The zero-order valence-electron chi connectivity index (χ0n) is 15.1. The number of nitrogens with two attached hydrogens (primary N) is 1. The van der Waals surface area contributed by atoms with Gasteiger partial charge in [-0.05, 0) is 50.2 Å². The first-order valence-corrected chi connectivity index (χ1v) is 9.22. The number of hydrogen-bond donors (Lipinski definition) is 3. The Morgan fingerprint density at radius 2 is 2.04 bits per heavy atom. The normalized spacial score (nSPS) is 14.5. The number of benzene rings is 2. The van der Waals surface area contributed by atoms with E-state index in [1.54, 1.807) is 12.1 Å².